The van der Waals surface area contributed by atoms with Crippen LogP contribution in [-0.2, 0) is 25.8 Å². The van der Waals surface area contributed by atoms with Gasteiger partial charge >= 0.3 is 7.12 Å². The topological polar surface area (TPSA) is 55.8 Å². The zero-order chi connectivity index (χ0) is 17.9. The molecule has 0 amide bonds. The number of benzene rings is 1. The molecule has 0 bridgehead atoms. The molecular weight excluding hydrogens is 325 g/mol. The average Bonchev–Trinajstić information content (AvgIpc) is 2.97. The summed E-state index contributed by atoms with van der Waals surface area (Å²) < 4.78 is 38.7. The van der Waals surface area contributed by atoms with Crippen LogP contribution in [0.25, 0.3) is 0 Å². The Morgan fingerprint density at radius 3 is 2.25 bits per heavy atom. The van der Waals surface area contributed by atoms with Crippen LogP contribution in [0.3, 0.4) is 0 Å². The summed E-state index contributed by atoms with van der Waals surface area (Å²) in [5.41, 5.74) is 1.99. The first kappa shape index (κ1) is 17.8. The molecule has 2 aliphatic heterocycles. The van der Waals surface area contributed by atoms with Crippen LogP contribution in [0.4, 0.5) is 5.69 Å². The number of fused-ring (bicyclic) bond motifs is 1. The third-order valence-corrected chi connectivity index (χ3v) is 7.57. The third kappa shape index (κ3) is 2.67. The zero-order valence-electron chi connectivity index (χ0n) is 15.3. The van der Waals surface area contributed by atoms with Crippen LogP contribution in [0, 0.1) is 0 Å². The van der Waals surface area contributed by atoms with E-state index in [0.29, 0.717) is 13.0 Å². The summed E-state index contributed by atoms with van der Waals surface area (Å²) >= 11 is 0. The molecule has 2 aliphatic rings. The molecule has 2 heterocycles. The monoisotopic (exact) mass is 351 g/mol. The fourth-order valence-electron chi connectivity index (χ4n) is 3.04. The second-order valence-corrected chi connectivity index (χ2v) is 10.3. The number of hydrogen-bond acceptors (Lipinski definition) is 4. The lowest BCUT2D eigenvalue weighted by Gasteiger charge is -2.32. The van der Waals surface area contributed by atoms with Crippen LogP contribution in [0.2, 0.25) is 0 Å². The van der Waals surface area contributed by atoms with Crippen molar-refractivity contribution in [1.82, 2.24) is 0 Å². The van der Waals surface area contributed by atoms with Crippen LogP contribution < -0.4 is 9.77 Å². The van der Waals surface area contributed by atoms with Crippen LogP contribution in [0.15, 0.2) is 18.2 Å². The molecular formula is C17H26BNO4S. The normalized spacial score (nSPS) is 22.3. The van der Waals surface area contributed by atoms with E-state index in [9.17, 15) is 8.42 Å². The lowest BCUT2D eigenvalue weighted by Crippen LogP contribution is -2.41. The van der Waals surface area contributed by atoms with Crippen molar-refractivity contribution in [3.8, 4) is 0 Å². The molecule has 0 N–H and O–H groups in total. The van der Waals surface area contributed by atoms with Crippen LogP contribution in [-0.4, -0.2) is 38.5 Å². The van der Waals surface area contributed by atoms with E-state index >= 15 is 0 Å². The molecule has 0 radical (unpaired) electrons. The van der Waals surface area contributed by atoms with E-state index < -0.39 is 22.4 Å². The Labute approximate surface area is 145 Å². The Morgan fingerprint density at radius 1 is 1.12 bits per heavy atom. The van der Waals surface area contributed by atoms with Crippen molar-refractivity contribution in [3.05, 3.63) is 23.8 Å². The van der Waals surface area contributed by atoms with Gasteiger partial charge in [-0.25, -0.2) is 8.42 Å². The van der Waals surface area contributed by atoms with E-state index in [0.717, 1.165) is 16.7 Å². The van der Waals surface area contributed by atoms with Crippen LogP contribution >= 0.6 is 0 Å². The van der Waals surface area contributed by atoms with Crippen molar-refractivity contribution >= 4 is 28.3 Å². The minimum Gasteiger partial charge on any atom is -0.399 e. The molecule has 132 valence electrons. The highest BCUT2D eigenvalue weighted by Gasteiger charge is 2.51. The molecule has 0 spiro atoms. The highest BCUT2D eigenvalue weighted by atomic mass is 32.2. The van der Waals surface area contributed by atoms with E-state index in [1.807, 2.05) is 45.9 Å². The van der Waals surface area contributed by atoms with Crippen LogP contribution in [0.5, 0.6) is 0 Å². The summed E-state index contributed by atoms with van der Waals surface area (Å²) in [4.78, 5) is 0. The van der Waals surface area contributed by atoms with Crippen molar-refractivity contribution in [1.29, 1.82) is 0 Å². The molecule has 0 aliphatic carbocycles. The van der Waals surface area contributed by atoms with E-state index in [-0.39, 0.29) is 11.2 Å². The van der Waals surface area contributed by atoms with Gasteiger partial charge in [-0.1, -0.05) is 12.1 Å². The van der Waals surface area contributed by atoms with Gasteiger partial charge in [0.2, 0.25) is 10.0 Å². The quantitative estimate of drug-likeness (QED) is 0.783. The maximum Gasteiger partial charge on any atom is 0.494 e. The Kier molecular flexibility index (Phi) is 4.05. The standard InChI is InChI=1S/C17H26BNO4S/c1-12(2)24(20,21)19-10-9-13-11-14(7-8-15(13)19)18-22-16(3,4)17(5,6)23-18/h7-8,11-12H,9-10H2,1-6H3. The molecule has 1 fully saturated rings. The van der Waals surface area contributed by atoms with Gasteiger partial charge in [-0.05, 0) is 65.1 Å². The highest BCUT2D eigenvalue weighted by molar-refractivity contribution is 7.93. The van der Waals surface area contributed by atoms with Gasteiger partial charge in [-0.2, -0.15) is 0 Å². The van der Waals surface area contributed by atoms with Gasteiger partial charge in [0.05, 0.1) is 22.1 Å². The lowest BCUT2D eigenvalue weighted by atomic mass is 9.78. The molecule has 7 heteroatoms. The minimum atomic E-state index is -3.29. The van der Waals surface area contributed by atoms with Crippen LogP contribution in [0.1, 0.15) is 47.1 Å². The molecule has 1 aromatic rings. The first-order valence-corrected chi connectivity index (χ1v) is 9.96. The molecule has 5 nitrogen and oxygen atoms in total. The Morgan fingerprint density at radius 2 is 1.71 bits per heavy atom. The van der Waals surface area contributed by atoms with Crippen molar-refractivity contribution < 1.29 is 17.7 Å². The fraction of sp³-hybridized carbons (Fsp3) is 0.647. The van der Waals surface area contributed by atoms with Gasteiger partial charge in [0.1, 0.15) is 0 Å². The van der Waals surface area contributed by atoms with Gasteiger partial charge in [0, 0.05) is 6.54 Å². The lowest BCUT2D eigenvalue weighted by molar-refractivity contribution is 0.00578. The zero-order valence-corrected chi connectivity index (χ0v) is 16.1. The van der Waals surface area contributed by atoms with Crippen molar-refractivity contribution in [2.75, 3.05) is 10.8 Å². The predicted molar refractivity (Wildman–Crippen MR) is 97.3 cm³/mol. The van der Waals surface area contributed by atoms with Gasteiger partial charge < -0.3 is 9.31 Å². The number of anilines is 1. The number of hydrogen-bond donors (Lipinski definition) is 0. The van der Waals surface area contributed by atoms with Gasteiger partial charge in [-0.3, -0.25) is 4.31 Å². The highest BCUT2D eigenvalue weighted by Crippen LogP contribution is 2.37. The van der Waals surface area contributed by atoms with Crippen molar-refractivity contribution in [3.63, 3.8) is 0 Å². The largest absolute Gasteiger partial charge is 0.494 e. The summed E-state index contributed by atoms with van der Waals surface area (Å²) in [7, 11) is -3.71. The van der Waals surface area contributed by atoms with E-state index in [4.69, 9.17) is 9.31 Å². The second kappa shape index (κ2) is 5.48. The molecule has 3 rings (SSSR count). The first-order valence-electron chi connectivity index (χ1n) is 8.46. The SMILES string of the molecule is CC(C)S(=O)(=O)N1CCc2cc(B3OC(C)(C)C(C)(C)O3)ccc21. The van der Waals surface area contributed by atoms with Gasteiger partial charge in [0.25, 0.3) is 0 Å². The summed E-state index contributed by atoms with van der Waals surface area (Å²) in [5.74, 6) is 0. The number of nitrogens with zero attached hydrogens (tertiary/aromatic N) is 1. The second-order valence-electron chi connectivity index (χ2n) is 7.89. The molecule has 1 saturated heterocycles. The molecule has 24 heavy (non-hydrogen) atoms. The summed E-state index contributed by atoms with van der Waals surface area (Å²) in [6, 6.07) is 5.81. The first-order chi connectivity index (χ1) is 11.0. The van der Waals surface area contributed by atoms with Crippen molar-refractivity contribution in [2.24, 2.45) is 0 Å². The predicted octanol–water partition coefficient (Wildman–Crippen LogP) is 2.09. The van der Waals surface area contributed by atoms with E-state index in [1.165, 1.54) is 4.31 Å². The molecule has 0 aromatic heterocycles. The van der Waals surface area contributed by atoms with Gasteiger partial charge in [-0.15, -0.1) is 0 Å². The summed E-state index contributed by atoms with van der Waals surface area (Å²) in [6.45, 7) is 12.0. The molecule has 0 unspecified atom stereocenters. The van der Waals surface area contributed by atoms with E-state index in [2.05, 4.69) is 0 Å². The maximum absolute atomic E-state index is 12.5. The molecule has 0 atom stereocenters. The Bertz CT molecular complexity index is 742. The number of rotatable bonds is 3. The third-order valence-electron chi connectivity index (χ3n) is 5.38. The summed E-state index contributed by atoms with van der Waals surface area (Å²) in [6.07, 6.45) is 0.717. The maximum atomic E-state index is 12.5. The fourth-order valence-corrected chi connectivity index (χ4v) is 4.34. The summed E-state index contributed by atoms with van der Waals surface area (Å²) in [5, 5.41) is -0.425. The Hall–Kier alpha value is -1.05. The van der Waals surface area contributed by atoms with E-state index in [1.54, 1.807) is 13.8 Å². The smallest absolute Gasteiger partial charge is 0.399 e. The minimum absolute atomic E-state index is 0.385. The Balaban J connectivity index is 1.90. The average molecular weight is 351 g/mol. The van der Waals surface area contributed by atoms with Crippen molar-refractivity contribution in [2.45, 2.75) is 64.4 Å². The number of sulfonamides is 1. The van der Waals surface area contributed by atoms with Gasteiger partial charge in [0.15, 0.2) is 0 Å². The molecule has 0 saturated carbocycles. The molecule has 1 aromatic carbocycles.